The zero-order valence-corrected chi connectivity index (χ0v) is 11.7. The molecule has 1 aromatic carbocycles. The van der Waals surface area contributed by atoms with Crippen LogP contribution in [0, 0.1) is 5.92 Å². The Bertz CT molecular complexity index is 311. The number of hydrogen-bond donors (Lipinski definition) is 1. The lowest BCUT2D eigenvalue weighted by Gasteiger charge is -2.22. The van der Waals surface area contributed by atoms with E-state index in [0.717, 1.165) is 26.1 Å². The molecule has 90 valence electrons. The molecule has 3 heteroatoms. The van der Waals surface area contributed by atoms with Crippen LogP contribution in [0.2, 0.25) is 0 Å². The monoisotopic (exact) mass is 284 g/mol. The molecule has 0 amide bonds. The minimum absolute atomic E-state index is 0.604. The summed E-state index contributed by atoms with van der Waals surface area (Å²) in [5.74, 6) is 0.604. The van der Waals surface area contributed by atoms with Gasteiger partial charge in [0, 0.05) is 17.6 Å². The topological polar surface area (TPSA) is 29.3 Å². The molecule has 0 bridgehead atoms. The van der Waals surface area contributed by atoms with Crippen molar-refractivity contribution < 1.29 is 0 Å². The molecule has 0 saturated heterocycles. The van der Waals surface area contributed by atoms with E-state index in [0.29, 0.717) is 5.92 Å². The first kappa shape index (κ1) is 13.7. The normalized spacial score (nSPS) is 13.1. The molecule has 2 nitrogen and oxygen atoms in total. The van der Waals surface area contributed by atoms with Gasteiger partial charge in [-0.2, -0.15) is 0 Å². The summed E-state index contributed by atoms with van der Waals surface area (Å²) in [6.45, 7) is 5.01. The van der Waals surface area contributed by atoms with E-state index < -0.39 is 0 Å². The Kier molecular flexibility index (Phi) is 6.03. The van der Waals surface area contributed by atoms with E-state index in [2.05, 4.69) is 53.0 Å². The highest BCUT2D eigenvalue weighted by Crippen LogP contribution is 2.17. The summed E-state index contributed by atoms with van der Waals surface area (Å²) >= 11 is 3.57. The summed E-state index contributed by atoms with van der Waals surface area (Å²) < 4.78 is 1.18. The number of halogens is 1. The fourth-order valence-electron chi connectivity index (χ4n) is 1.79. The van der Waals surface area contributed by atoms with Crippen LogP contribution in [0.3, 0.4) is 0 Å². The quantitative estimate of drug-likeness (QED) is 0.871. The number of rotatable bonds is 6. The Labute approximate surface area is 107 Å². The van der Waals surface area contributed by atoms with Crippen molar-refractivity contribution in [2.45, 2.75) is 19.9 Å². The van der Waals surface area contributed by atoms with Crippen molar-refractivity contribution in [2.24, 2.45) is 11.7 Å². The summed E-state index contributed by atoms with van der Waals surface area (Å²) in [6.07, 6.45) is 1.15. The lowest BCUT2D eigenvalue weighted by molar-refractivity contribution is 0.267. The van der Waals surface area contributed by atoms with Crippen LogP contribution < -0.4 is 5.73 Å². The van der Waals surface area contributed by atoms with Gasteiger partial charge in [-0.05, 0) is 31.1 Å². The first-order chi connectivity index (χ1) is 7.67. The van der Waals surface area contributed by atoms with Gasteiger partial charge in [-0.15, -0.1) is 0 Å². The van der Waals surface area contributed by atoms with Gasteiger partial charge < -0.3 is 10.6 Å². The molecule has 0 fully saturated rings. The molecular formula is C13H21BrN2. The van der Waals surface area contributed by atoms with Crippen LogP contribution in [-0.4, -0.2) is 25.0 Å². The van der Waals surface area contributed by atoms with E-state index in [1.807, 2.05) is 6.07 Å². The maximum absolute atomic E-state index is 5.72. The molecule has 0 saturated carbocycles. The van der Waals surface area contributed by atoms with Gasteiger partial charge in [-0.25, -0.2) is 0 Å². The second kappa shape index (κ2) is 7.05. The van der Waals surface area contributed by atoms with Gasteiger partial charge in [0.05, 0.1) is 0 Å². The molecule has 1 rings (SSSR count). The van der Waals surface area contributed by atoms with Crippen molar-refractivity contribution in [3.05, 3.63) is 34.3 Å². The molecular weight excluding hydrogens is 264 g/mol. The van der Waals surface area contributed by atoms with Crippen LogP contribution >= 0.6 is 15.9 Å². The summed E-state index contributed by atoms with van der Waals surface area (Å²) in [7, 11) is 2.15. The van der Waals surface area contributed by atoms with Crippen LogP contribution in [0.15, 0.2) is 28.7 Å². The molecule has 1 atom stereocenters. The molecule has 16 heavy (non-hydrogen) atoms. The van der Waals surface area contributed by atoms with Gasteiger partial charge in [0.2, 0.25) is 0 Å². The van der Waals surface area contributed by atoms with Gasteiger partial charge in [0.25, 0.3) is 0 Å². The average Bonchev–Trinajstić information content (AvgIpc) is 2.29. The lowest BCUT2D eigenvalue weighted by Crippen LogP contribution is -2.29. The van der Waals surface area contributed by atoms with Crippen molar-refractivity contribution >= 4 is 15.9 Å². The maximum Gasteiger partial charge on any atom is 0.0242 e. The zero-order valence-electron chi connectivity index (χ0n) is 10.1. The first-order valence-electron chi connectivity index (χ1n) is 5.79. The number of benzene rings is 1. The Morgan fingerprint density at radius 1 is 1.38 bits per heavy atom. The summed E-state index contributed by atoms with van der Waals surface area (Å²) in [5, 5.41) is 0. The zero-order chi connectivity index (χ0) is 12.0. The molecule has 0 aliphatic rings. The predicted octanol–water partition coefficient (Wildman–Crippen LogP) is 2.87. The maximum atomic E-state index is 5.72. The van der Waals surface area contributed by atoms with E-state index in [-0.39, 0.29) is 0 Å². The molecule has 2 N–H and O–H groups in total. The third kappa shape index (κ3) is 4.24. The van der Waals surface area contributed by atoms with Crippen LogP contribution in [0.5, 0.6) is 0 Å². The number of nitrogens with two attached hydrogens (primary N) is 1. The molecule has 0 aliphatic carbocycles. The highest BCUT2D eigenvalue weighted by Gasteiger charge is 2.09. The number of hydrogen-bond acceptors (Lipinski definition) is 2. The van der Waals surface area contributed by atoms with Crippen LogP contribution in [0.4, 0.5) is 0 Å². The summed E-state index contributed by atoms with van der Waals surface area (Å²) in [4.78, 5) is 2.33. The molecule has 1 unspecified atom stereocenters. The smallest absolute Gasteiger partial charge is 0.0242 e. The SMILES string of the molecule is CCC(CN)CN(C)Cc1ccccc1Br. The van der Waals surface area contributed by atoms with Crippen molar-refractivity contribution in [1.82, 2.24) is 4.90 Å². The highest BCUT2D eigenvalue weighted by molar-refractivity contribution is 9.10. The first-order valence-corrected chi connectivity index (χ1v) is 6.58. The van der Waals surface area contributed by atoms with Crippen molar-refractivity contribution in [3.8, 4) is 0 Å². The Balaban J connectivity index is 2.51. The van der Waals surface area contributed by atoms with Crippen LogP contribution in [-0.2, 0) is 6.54 Å². The second-order valence-electron chi connectivity index (χ2n) is 4.30. The Hall–Kier alpha value is -0.380. The largest absolute Gasteiger partial charge is 0.330 e. The van der Waals surface area contributed by atoms with Gasteiger partial charge in [-0.3, -0.25) is 0 Å². The van der Waals surface area contributed by atoms with Gasteiger partial charge in [-0.1, -0.05) is 47.5 Å². The molecule has 0 aliphatic heterocycles. The van der Waals surface area contributed by atoms with E-state index in [9.17, 15) is 0 Å². The highest BCUT2D eigenvalue weighted by atomic mass is 79.9. The van der Waals surface area contributed by atoms with E-state index in [4.69, 9.17) is 5.73 Å². The summed E-state index contributed by atoms with van der Waals surface area (Å²) in [5.41, 5.74) is 7.05. The lowest BCUT2D eigenvalue weighted by atomic mass is 10.1. The second-order valence-corrected chi connectivity index (χ2v) is 5.15. The minimum Gasteiger partial charge on any atom is -0.330 e. The van der Waals surface area contributed by atoms with E-state index in [1.165, 1.54) is 10.0 Å². The average molecular weight is 285 g/mol. The number of nitrogens with zero attached hydrogens (tertiary/aromatic N) is 1. The van der Waals surface area contributed by atoms with Crippen LogP contribution in [0.1, 0.15) is 18.9 Å². The van der Waals surface area contributed by atoms with Crippen molar-refractivity contribution in [1.29, 1.82) is 0 Å². The Morgan fingerprint density at radius 3 is 2.62 bits per heavy atom. The fraction of sp³-hybridized carbons (Fsp3) is 0.538. The van der Waals surface area contributed by atoms with Crippen molar-refractivity contribution in [3.63, 3.8) is 0 Å². The van der Waals surface area contributed by atoms with E-state index in [1.54, 1.807) is 0 Å². The van der Waals surface area contributed by atoms with Crippen molar-refractivity contribution in [2.75, 3.05) is 20.1 Å². The van der Waals surface area contributed by atoms with Gasteiger partial charge >= 0.3 is 0 Å². The van der Waals surface area contributed by atoms with Gasteiger partial charge in [0.15, 0.2) is 0 Å². The fourth-order valence-corrected chi connectivity index (χ4v) is 2.20. The molecule has 0 heterocycles. The third-order valence-corrected chi connectivity index (χ3v) is 3.65. The molecule has 0 spiro atoms. The minimum atomic E-state index is 0.604. The summed E-state index contributed by atoms with van der Waals surface area (Å²) in [6, 6.07) is 8.36. The Morgan fingerprint density at radius 2 is 2.06 bits per heavy atom. The van der Waals surface area contributed by atoms with Gasteiger partial charge in [0.1, 0.15) is 0 Å². The molecule has 1 aromatic rings. The molecule has 0 radical (unpaired) electrons. The predicted molar refractivity (Wildman–Crippen MR) is 73.3 cm³/mol. The van der Waals surface area contributed by atoms with E-state index >= 15 is 0 Å². The third-order valence-electron chi connectivity index (χ3n) is 2.88. The van der Waals surface area contributed by atoms with Crippen LogP contribution in [0.25, 0.3) is 0 Å². The molecule has 0 aromatic heterocycles. The standard InChI is InChI=1S/C13H21BrN2/c1-3-11(8-15)9-16(2)10-12-6-4-5-7-13(12)14/h4-7,11H,3,8-10,15H2,1-2H3.